The van der Waals surface area contributed by atoms with Gasteiger partial charge >= 0.3 is 0 Å². The molecule has 0 amide bonds. The zero-order chi connectivity index (χ0) is 21.4. The predicted octanol–water partition coefficient (Wildman–Crippen LogP) is 8.19. The van der Waals surface area contributed by atoms with Gasteiger partial charge in [0.15, 0.2) is 0 Å². The monoisotopic (exact) mass is 440 g/mol. The first-order chi connectivity index (χ1) is 13.8. The number of benzene rings is 1. The minimum atomic E-state index is -0.314. The van der Waals surface area contributed by atoms with Crippen LogP contribution in [0.5, 0.6) is 0 Å². The highest BCUT2D eigenvalue weighted by atomic mass is 35.5. The molecule has 1 saturated carbocycles. The lowest BCUT2D eigenvalue weighted by Gasteiger charge is -2.32. The summed E-state index contributed by atoms with van der Waals surface area (Å²) in [5, 5.41) is 11.1. The number of rotatable bonds is 12. The molecule has 1 aromatic rings. The molecule has 166 valence electrons. The van der Waals surface area contributed by atoms with Gasteiger partial charge in [-0.25, -0.2) is 0 Å². The SMILES string of the molecule is CCCCCCC1C(Cl)CC(Cl)C1c1ccc(C(C)(C)C(O)CCCCC)cc1. The van der Waals surface area contributed by atoms with Gasteiger partial charge in [-0.15, -0.1) is 23.2 Å². The number of alkyl halides is 2. The van der Waals surface area contributed by atoms with Crippen LogP contribution in [0.2, 0.25) is 0 Å². The summed E-state index contributed by atoms with van der Waals surface area (Å²) in [4.78, 5) is 0. The Balaban J connectivity index is 2.08. The Bertz CT molecular complexity index is 583. The van der Waals surface area contributed by atoms with Gasteiger partial charge in [-0.3, -0.25) is 0 Å². The molecule has 0 radical (unpaired) electrons. The fourth-order valence-corrected chi connectivity index (χ4v) is 6.02. The lowest BCUT2D eigenvalue weighted by molar-refractivity contribution is 0.0886. The number of aliphatic hydroxyl groups is 1. The first kappa shape index (κ1) is 25.0. The summed E-state index contributed by atoms with van der Waals surface area (Å²) in [6.07, 6.45) is 11.2. The molecule has 0 bridgehead atoms. The van der Waals surface area contributed by atoms with Crippen molar-refractivity contribution in [2.75, 3.05) is 0 Å². The molecule has 1 aliphatic rings. The van der Waals surface area contributed by atoms with Crippen LogP contribution in [0.25, 0.3) is 0 Å². The molecular formula is C26H42Cl2O. The van der Waals surface area contributed by atoms with Crippen molar-refractivity contribution in [2.24, 2.45) is 5.92 Å². The van der Waals surface area contributed by atoms with Gasteiger partial charge in [0, 0.05) is 22.1 Å². The van der Waals surface area contributed by atoms with Crippen molar-refractivity contribution in [1.82, 2.24) is 0 Å². The Morgan fingerprint density at radius 3 is 2.17 bits per heavy atom. The second-order valence-electron chi connectivity index (χ2n) is 9.66. The zero-order valence-electron chi connectivity index (χ0n) is 19.0. The van der Waals surface area contributed by atoms with Crippen LogP contribution < -0.4 is 0 Å². The maximum atomic E-state index is 10.8. The van der Waals surface area contributed by atoms with Crippen molar-refractivity contribution in [2.45, 2.75) is 120 Å². The summed E-state index contributed by atoms with van der Waals surface area (Å²) >= 11 is 13.5. The van der Waals surface area contributed by atoms with Crippen molar-refractivity contribution in [3.8, 4) is 0 Å². The summed E-state index contributed by atoms with van der Waals surface area (Å²) in [5.74, 6) is 0.807. The van der Waals surface area contributed by atoms with E-state index in [0.717, 1.165) is 19.3 Å². The fourth-order valence-electron chi connectivity index (χ4n) is 4.93. The Morgan fingerprint density at radius 1 is 0.931 bits per heavy atom. The molecule has 3 heteroatoms. The van der Waals surface area contributed by atoms with Crippen LogP contribution in [-0.2, 0) is 5.41 Å². The topological polar surface area (TPSA) is 20.2 Å². The third-order valence-electron chi connectivity index (χ3n) is 7.11. The van der Waals surface area contributed by atoms with Crippen molar-refractivity contribution in [1.29, 1.82) is 0 Å². The van der Waals surface area contributed by atoms with E-state index in [9.17, 15) is 5.11 Å². The van der Waals surface area contributed by atoms with Crippen LogP contribution in [0.15, 0.2) is 24.3 Å². The molecule has 1 fully saturated rings. The third-order valence-corrected chi connectivity index (χ3v) is 8.06. The Labute approximate surface area is 189 Å². The van der Waals surface area contributed by atoms with Gasteiger partial charge < -0.3 is 5.11 Å². The first-order valence-corrected chi connectivity index (χ1v) is 12.8. The lowest BCUT2D eigenvalue weighted by Crippen LogP contribution is -2.33. The van der Waals surface area contributed by atoms with Gasteiger partial charge in [-0.2, -0.15) is 0 Å². The molecule has 0 aliphatic heterocycles. The second kappa shape index (κ2) is 12.0. The first-order valence-electron chi connectivity index (χ1n) is 11.9. The molecule has 0 saturated heterocycles. The molecule has 1 aromatic carbocycles. The molecule has 1 N–H and O–H groups in total. The van der Waals surface area contributed by atoms with E-state index in [4.69, 9.17) is 23.2 Å². The summed E-state index contributed by atoms with van der Waals surface area (Å²) in [5.41, 5.74) is 2.28. The average molecular weight is 442 g/mol. The molecule has 5 atom stereocenters. The highest BCUT2D eigenvalue weighted by Crippen LogP contribution is 2.48. The highest BCUT2D eigenvalue weighted by molar-refractivity contribution is 6.25. The maximum Gasteiger partial charge on any atom is 0.0631 e. The van der Waals surface area contributed by atoms with Crippen LogP contribution in [0.4, 0.5) is 0 Å². The average Bonchev–Trinajstić information content (AvgIpc) is 2.98. The normalized spacial score (nSPS) is 26.0. The van der Waals surface area contributed by atoms with Gasteiger partial charge in [-0.1, -0.05) is 96.9 Å². The van der Waals surface area contributed by atoms with Crippen molar-refractivity contribution >= 4 is 23.2 Å². The fraction of sp³-hybridized carbons (Fsp3) is 0.769. The van der Waals surface area contributed by atoms with Gasteiger partial charge in [0.1, 0.15) is 0 Å². The summed E-state index contributed by atoms with van der Waals surface area (Å²) in [6, 6.07) is 8.89. The molecule has 1 aliphatic carbocycles. The molecule has 0 spiro atoms. The summed E-state index contributed by atoms with van der Waals surface area (Å²) < 4.78 is 0. The van der Waals surface area contributed by atoms with Crippen LogP contribution in [0.1, 0.15) is 109 Å². The van der Waals surface area contributed by atoms with E-state index in [1.54, 1.807) is 0 Å². The Morgan fingerprint density at radius 2 is 1.55 bits per heavy atom. The molecule has 29 heavy (non-hydrogen) atoms. The van der Waals surface area contributed by atoms with Crippen LogP contribution in [-0.4, -0.2) is 22.0 Å². The second-order valence-corrected chi connectivity index (χ2v) is 10.8. The van der Waals surface area contributed by atoms with E-state index < -0.39 is 0 Å². The van der Waals surface area contributed by atoms with Gasteiger partial charge in [0.2, 0.25) is 0 Å². The number of hydrogen-bond donors (Lipinski definition) is 1. The van der Waals surface area contributed by atoms with E-state index in [1.165, 1.54) is 56.1 Å². The molecule has 2 rings (SSSR count). The molecule has 0 heterocycles. The van der Waals surface area contributed by atoms with Crippen molar-refractivity contribution < 1.29 is 5.11 Å². The van der Waals surface area contributed by atoms with Gasteiger partial charge in [-0.05, 0) is 36.3 Å². The van der Waals surface area contributed by atoms with E-state index in [1.807, 2.05) is 0 Å². The van der Waals surface area contributed by atoms with E-state index in [-0.39, 0.29) is 22.3 Å². The van der Waals surface area contributed by atoms with Gasteiger partial charge in [0.25, 0.3) is 0 Å². The highest BCUT2D eigenvalue weighted by Gasteiger charge is 2.42. The minimum absolute atomic E-state index is 0.118. The Hall–Kier alpha value is -0.240. The summed E-state index contributed by atoms with van der Waals surface area (Å²) in [7, 11) is 0. The van der Waals surface area contributed by atoms with E-state index in [2.05, 4.69) is 52.0 Å². The number of hydrogen-bond acceptors (Lipinski definition) is 1. The predicted molar refractivity (Wildman–Crippen MR) is 129 cm³/mol. The molecular weight excluding hydrogens is 399 g/mol. The zero-order valence-corrected chi connectivity index (χ0v) is 20.5. The smallest absolute Gasteiger partial charge is 0.0631 e. The van der Waals surface area contributed by atoms with Crippen molar-refractivity contribution in [3.05, 3.63) is 35.4 Å². The quantitative estimate of drug-likeness (QED) is 0.256. The van der Waals surface area contributed by atoms with Crippen LogP contribution >= 0.6 is 23.2 Å². The number of unbranched alkanes of at least 4 members (excludes halogenated alkanes) is 5. The van der Waals surface area contributed by atoms with E-state index in [0.29, 0.717) is 11.8 Å². The standard InChI is InChI=1S/C26H42Cl2O/c1-5-7-9-11-12-21-22(27)18-23(28)25(21)19-14-16-20(17-15-19)26(3,4)24(29)13-10-8-6-2/h14-17,21-25,29H,5-13,18H2,1-4H3. The van der Waals surface area contributed by atoms with Crippen LogP contribution in [0, 0.1) is 5.92 Å². The van der Waals surface area contributed by atoms with Gasteiger partial charge in [0.05, 0.1) is 6.10 Å². The number of halogens is 2. The third kappa shape index (κ3) is 6.62. The molecule has 5 unspecified atom stereocenters. The summed E-state index contributed by atoms with van der Waals surface area (Å²) in [6.45, 7) is 8.76. The largest absolute Gasteiger partial charge is 0.392 e. The van der Waals surface area contributed by atoms with Crippen molar-refractivity contribution in [3.63, 3.8) is 0 Å². The molecule has 1 nitrogen and oxygen atoms in total. The maximum absolute atomic E-state index is 10.8. The lowest BCUT2D eigenvalue weighted by atomic mass is 9.76. The Kier molecular flexibility index (Phi) is 10.3. The molecule has 0 aromatic heterocycles. The minimum Gasteiger partial charge on any atom is -0.392 e. The van der Waals surface area contributed by atoms with E-state index >= 15 is 0 Å². The van der Waals surface area contributed by atoms with Crippen LogP contribution in [0.3, 0.4) is 0 Å². The number of aliphatic hydroxyl groups excluding tert-OH is 1.